The largest absolute Gasteiger partial charge is 0.488 e. The summed E-state index contributed by atoms with van der Waals surface area (Å²) in [6.07, 6.45) is 3.39. The lowest BCUT2D eigenvalue weighted by atomic mass is 9.88. The van der Waals surface area contributed by atoms with Gasteiger partial charge in [0.25, 0.3) is 0 Å². The van der Waals surface area contributed by atoms with Gasteiger partial charge in [-0.3, -0.25) is 4.79 Å². The SMILES string of the molecule is CC(C(=O)Nc1ccc(OC2CCCCC2O)cc1)C1CNC1. The Balaban J connectivity index is 1.53. The predicted molar refractivity (Wildman–Crippen MR) is 89.5 cm³/mol. The molecule has 0 bridgehead atoms. The molecule has 0 spiro atoms. The molecule has 2 fully saturated rings. The Labute approximate surface area is 137 Å². The first-order valence-corrected chi connectivity index (χ1v) is 8.60. The molecule has 1 saturated heterocycles. The van der Waals surface area contributed by atoms with Crippen LogP contribution in [0.5, 0.6) is 5.75 Å². The van der Waals surface area contributed by atoms with E-state index in [-0.39, 0.29) is 24.0 Å². The number of hydrogen-bond acceptors (Lipinski definition) is 4. The highest BCUT2D eigenvalue weighted by molar-refractivity contribution is 5.92. The minimum absolute atomic E-state index is 0.0181. The van der Waals surface area contributed by atoms with Crippen LogP contribution in [-0.4, -0.2) is 36.3 Å². The molecule has 1 amide bonds. The number of ether oxygens (including phenoxy) is 1. The molecular formula is C18H26N2O3. The minimum Gasteiger partial charge on any atom is -0.488 e. The Morgan fingerprint density at radius 3 is 2.57 bits per heavy atom. The third-order valence-corrected chi connectivity index (χ3v) is 5.01. The monoisotopic (exact) mass is 318 g/mol. The maximum atomic E-state index is 12.2. The lowest BCUT2D eigenvalue weighted by Gasteiger charge is -2.31. The number of carbonyl (C=O) groups is 1. The van der Waals surface area contributed by atoms with Gasteiger partial charge in [0.2, 0.25) is 5.91 Å². The van der Waals surface area contributed by atoms with E-state index < -0.39 is 0 Å². The summed E-state index contributed by atoms with van der Waals surface area (Å²) in [5.41, 5.74) is 0.783. The van der Waals surface area contributed by atoms with E-state index in [9.17, 15) is 9.90 Å². The summed E-state index contributed by atoms with van der Waals surface area (Å²) < 4.78 is 5.87. The first-order valence-electron chi connectivity index (χ1n) is 8.60. The first kappa shape index (κ1) is 16.3. The molecule has 23 heavy (non-hydrogen) atoms. The van der Waals surface area contributed by atoms with Gasteiger partial charge >= 0.3 is 0 Å². The summed E-state index contributed by atoms with van der Waals surface area (Å²) in [5, 5.41) is 16.1. The minimum atomic E-state index is -0.375. The molecule has 0 aromatic heterocycles. The number of rotatable bonds is 5. The fourth-order valence-electron chi connectivity index (χ4n) is 3.14. The highest BCUT2D eigenvalue weighted by Gasteiger charge is 2.28. The van der Waals surface area contributed by atoms with E-state index in [4.69, 9.17) is 4.74 Å². The van der Waals surface area contributed by atoms with Crippen LogP contribution < -0.4 is 15.4 Å². The highest BCUT2D eigenvalue weighted by atomic mass is 16.5. The van der Waals surface area contributed by atoms with E-state index in [0.717, 1.165) is 50.2 Å². The molecule has 126 valence electrons. The van der Waals surface area contributed by atoms with Gasteiger partial charge in [-0.15, -0.1) is 0 Å². The molecule has 3 unspecified atom stereocenters. The van der Waals surface area contributed by atoms with Crippen molar-refractivity contribution in [3.63, 3.8) is 0 Å². The lowest BCUT2D eigenvalue weighted by Crippen LogP contribution is -2.48. The van der Waals surface area contributed by atoms with E-state index in [2.05, 4.69) is 10.6 Å². The summed E-state index contributed by atoms with van der Waals surface area (Å²) in [6, 6.07) is 7.42. The average molecular weight is 318 g/mol. The van der Waals surface area contributed by atoms with Crippen molar-refractivity contribution in [1.82, 2.24) is 5.32 Å². The van der Waals surface area contributed by atoms with Gasteiger partial charge in [0.15, 0.2) is 0 Å². The van der Waals surface area contributed by atoms with E-state index in [0.29, 0.717) is 5.92 Å². The van der Waals surface area contributed by atoms with Gasteiger partial charge in [-0.25, -0.2) is 0 Å². The van der Waals surface area contributed by atoms with Crippen molar-refractivity contribution >= 4 is 11.6 Å². The molecule has 1 aliphatic carbocycles. The fourth-order valence-corrected chi connectivity index (χ4v) is 3.14. The quantitative estimate of drug-likeness (QED) is 0.778. The van der Waals surface area contributed by atoms with Crippen molar-refractivity contribution in [3.8, 4) is 5.75 Å². The highest BCUT2D eigenvalue weighted by Crippen LogP contribution is 2.25. The molecule has 1 heterocycles. The molecule has 5 heteroatoms. The van der Waals surface area contributed by atoms with Crippen LogP contribution >= 0.6 is 0 Å². The maximum absolute atomic E-state index is 12.2. The van der Waals surface area contributed by atoms with Gasteiger partial charge in [0.1, 0.15) is 11.9 Å². The second-order valence-corrected chi connectivity index (χ2v) is 6.73. The number of carbonyl (C=O) groups excluding carboxylic acids is 1. The van der Waals surface area contributed by atoms with Gasteiger partial charge in [-0.1, -0.05) is 13.3 Å². The zero-order chi connectivity index (χ0) is 16.2. The molecule has 3 N–H and O–H groups in total. The van der Waals surface area contributed by atoms with Crippen molar-refractivity contribution in [2.45, 2.75) is 44.8 Å². The summed E-state index contributed by atoms with van der Waals surface area (Å²) in [6.45, 7) is 3.82. The van der Waals surface area contributed by atoms with Crippen molar-refractivity contribution in [3.05, 3.63) is 24.3 Å². The van der Waals surface area contributed by atoms with Crippen LogP contribution in [0.1, 0.15) is 32.6 Å². The Bertz CT molecular complexity index is 528. The molecule has 1 aliphatic heterocycles. The Morgan fingerprint density at radius 2 is 1.96 bits per heavy atom. The summed E-state index contributed by atoms with van der Waals surface area (Å²) in [4.78, 5) is 12.2. The van der Waals surface area contributed by atoms with E-state index in [1.54, 1.807) is 0 Å². The number of anilines is 1. The van der Waals surface area contributed by atoms with Crippen LogP contribution in [0.15, 0.2) is 24.3 Å². The number of hydrogen-bond donors (Lipinski definition) is 3. The molecule has 5 nitrogen and oxygen atoms in total. The smallest absolute Gasteiger partial charge is 0.227 e. The van der Waals surface area contributed by atoms with Crippen molar-refractivity contribution in [2.75, 3.05) is 18.4 Å². The Kier molecular flexibility index (Phi) is 5.18. The topological polar surface area (TPSA) is 70.6 Å². The molecule has 3 atom stereocenters. The van der Waals surface area contributed by atoms with E-state index >= 15 is 0 Å². The average Bonchev–Trinajstić information content (AvgIpc) is 2.49. The van der Waals surface area contributed by atoms with Gasteiger partial charge < -0.3 is 20.5 Å². The second kappa shape index (κ2) is 7.32. The fraction of sp³-hybridized carbons (Fsp3) is 0.611. The number of aliphatic hydroxyl groups is 1. The van der Waals surface area contributed by atoms with E-state index in [1.165, 1.54) is 0 Å². The lowest BCUT2D eigenvalue weighted by molar-refractivity contribution is -0.121. The van der Waals surface area contributed by atoms with Crippen LogP contribution in [0.3, 0.4) is 0 Å². The number of amides is 1. The normalized spacial score (nSPS) is 26.2. The molecule has 1 aromatic rings. The van der Waals surface area contributed by atoms with Crippen LogP contribution in [0.2, 0.25) is 0 Å². The van der Waals surface area contributed by atoms with Crippen LogP contribution in [0.25, 0.3) is 0 Å². The van der Waals surface area contributed by atoms with Crippen LogP contribution in [-0.2, 0) is 4.79 Å². The molecule has 0 radical (unpaired) electrons. The molecular weight excluding hydrogens is 292 g/mol. The summed E-state index contributed by atoms with van der Waals surface area (Å²) in [7, 11) is 0. The number of aliphatic hydroxyl groups excluding tert-OH is 1. The third kappa shape index (κ3) is 4.03. The molecule has 1 aromatic carbocycles. The maximum Gasteiger partial charge on any atom is 0.227 e. The van der Waals surface area contributed by atoms with Crippen LogP contribution in [0.4, 0.5) is 5.69 Å². The number of nitrogens with one attached hydrogen (secondary N) is 2. The third-order valence-electron chi connectivity index (χ3n) is 5.01. The molecule has 3 rings (SSSR count). The van der Waals surface area contributed by atoms with Gasteiger partial charge in [-0.2, -0.15) is 0 Å². The zero-order valence-electron chi connectivity index (χ0n) is 13.6. The molecule has 2 aliphatic rings. The predicted octanol–water partition coefficient (Wildman–Crippen LogP) is 2.16. The second-order valence-electron chi connectivity index (χ2n) is 6.73. The molecule has 1 saturated carbocycles. The summed E-state index contributed by atoms with van der Waals surface area (Å²) in [5.74, 6) is 1.26. The summed E-state index contributed by atoms with van der Waals surface area (Å²) >= 11 is 0. The van der Waals surface area contributed by atoms with Crippen LogP contribution in [0, 0.1) is 11.8 Å². The van der Waals surface area contributed by atoms with Gasteiger partial charge in [0.05, 0.1) is 6.10 Å². The first-order chi connectivity index (χ1) is 11.1. The van der Waals surface area contributed by atoms with Crippen molar-refractivity contribution in [1.29, 1.82) is 0 Å². The van der Waals surface area contributed by atoms with E-state index in [1.807, 2.05) is 31.2 Å². The van der Waals surface area contributed by atoms with Gasteiger partial charge in [0, 0.05) is 11.6 Å². The van der Waals surface area contributed by atoms with Crippen molar-refractivity contribution < 1.29 is 14.6 Å². The Hall–Kier alpha value is -1.59. The van der Waals surface area contributed by atoms with Crippen molar-refractivity contribution in [2.24, 2.45) is 11.8 Å². The standard InChI is InChI=1S/C18H26N2O3/c1-12(13-10-19-11-13)18(22)20-14-6-8-15(9-7-14)23-17-5-3-2-4-16(17)21/h6-9,12-13,16-17,19,21H,2-5,10-11H2,1H3,(H,20,22). The zero-order valence-corrected chi connectivity index (χ0v) is 13.6. The Morgan fingerprint density at radius 1 is 1.26 bits per heavy atom. The van der Waals surface area contributed by atoms with Gasteiger partial charge in [-0.05, 0) is 62.5 Å². The number of benzene rings is 1.